The Morgan fingerprint density at radius 2 is 2.12 bits per heavy atom. The van der Waals surface area contributed by atoms with Crippen LogP contribution in [0.5, 0.6) is 0 Å². The lowest BCUT2D eigenvalue weighted by molar-refractivity contribution is 0.0698. The maximum atomic E-state index is 11.5. The number of nitrogens with zero attached hydrogens (tertiary/aromatic N) is 2. The number of fused-ring (bicyclic) bond motifs is 1. The number of benzene rings is 1. The maximum Gasteiger partial charge on any atom is 0.337 e. The van der Waals surface area contributed by atoms with Crippen molar-refractivity contribution in [1.82, 2.24) is 14.9 Å². The van der Waals surface area contributed by atoms with Gasteiger partial charge in [0.25, 0.3) is 0 Å². The molecule has 6 heteroatoms. The normalized spacial score (nSPS) is 13.7. The lowest BCUT2D eigenvalue weighted by atomic mass is 10.1. The van der Waals surface area contributed by atoms with Gasteiger partial charge >= 0.3 is 5.97 Å². The van der Waals surface area contributed by atoms with Gasteiger partial charge in [-0.2, -0.15) is 0 Å². The van der Waals surface area contributed by atoms with E-state index < -0.39 is 12.1 Å². The van der Waals surface area contributed by atoms with Crippen molar-refractivity contribution < 1.29 is 15.0 Å². The van der Waals surface area contributed by atoms with E-state index in [-0.39, 0.29) is 6.04 Å². The molecule has 0 amide bonds. The van der Waals surface area contributed by atoms with Crippen LogP contribution >= 0.6 is 0 Å². The van der Waals surface area contributed by atoms with Crippen LogP contribution in [0.25, 0.3) is 10.9 Å². The van der Waals surface area contributed by atoms with E-state index in [2.05, 4.69) is 10.3 Å². The minimum atomic E-state index is -0.932. The third-order valence-electron chi connectivity index (χ3n) is 4.22. The minimum absolute atomic E-state index is 0.0590. The number of aromatic carboxylic acids is 1. The van der Waals surface area contributed by atoms with Gasteiger partial charge in [-0.05, 0) is 25.1 Å². The first-order chi connectivity index (χ1) is 12.1. The van der Waals surface area contributed by atoms with Crippen molar-refractivity contribution in [2.24, 2.45) is 0 Å². The monoisotopic (exact) mass is 339 g/mol. The molecule has 0 aliphatic heterocycles. The zero-order valence-corrected chi connectivity index (χ0v) is 14.0. The lowest BCUT2D eigenvalue weighted by Gasteiger charge is -2.19. The molecule has 3 aromatic rings. The zero-order valence-electron chi connectivity index (χ0n) is 14.0. The van der Waals surface area contributed by atoms with Crippen LogP contribution in [0.2, 0.25) is 0 Å². The largest absolute Gasteiger partial charge is 0.478 e. The highest BCUT2D eigenvalue weighted by Crippen LogP contribution is 2.21. The van der Waals surface area contributed by atoms with Crippen LogP contribution in [0.15, 0.2) is 55.0 Å². The molecular formula is C19H21N3O3. The van der Waals surface area contributed by atoms with E-state index in [1.165, 1.54) is 0 Å². The maximum absolute atomic E-state index is 11.5. The smallest absolute Gasteiger partial charge is 0.337 e. The number of hydrogen-bond donors (Lipinski definition) is 3. The second kappa shape index (κ2) is 7.46. The van der Waals surface area contributed by atoms with E-state index in [4.69, 9.17) is 0 Å². The van der Waals surface area contributed by atoms with Gasteiger partial charge in [0, 0.05) is 48.7 Å². The number of aliphatic hydroxyl groups excluding tert-OH is 1. The summed E-state index contributed by atoms with van der Waals surface area (Å²) in [5, 5.41) is 23.8. The highest BCUT2D eigenvalue weighted by molar-refractivity contribution is 6.02. The molecule has 0 fully saturated rings. The highest BCUT2D eigenvalue weighted by Gasteiger charge is 2.14. The number of hydrogen-bond acceptors (Lipinski definition) is 4. The van der Waals surface area contributed by atoms with Gasteiger partial charge in [-0.25, -0.2) is 4.79 Å². The molecule has 0 saturated carbocycles. The summed E-state index contributed by atoms with van der Waals surface area (Å²) in [5.41, 5.74) is 1.78. The summed E-state index contributed by atoms with van der Waals surface area (Å²) >= 11 is 0. The van der Waals surface area contributed by atoms with Crippen molar-refractivity contribution in [2.75, 3.05) is 6.54 Å². The third-order valence-corrected chi connectivity index (χ3v) is 4.22. The predicted octanol–water partition coefficient (Wildman–Crippen LogP) is 2.45. The van der Waals surface area contributed by atoms with Crippen molar-refractivity contribution >= 4 is 16.9 Å². The number of aliphatic hydroxyl groups is 1. The van der Waals surface area contributed by atoms with Gasteiger partial charge in [0.1, 0.15) is 0 Å². The highest BCUT2D eigenvalue weighted by atomic mass is 16.4. The van der Waals surface area contributed by atoms with Crippen LogP contribution in [-0.4, -0.2) is 38.3 Å². The van der Waals surface area contributed by atoms with Crippen LogP contribution in [-0.2, 0) is 6.54 Å². The molecule has 130 valence electrons. The molecule has 25 heavy (non-hydrogen) atoms. The van der Waals surface area contributed by atoms with E-state index in [1.54, 1.807) is 30.6 Å². The third kappa shape index (κ3) is 3.87. The van der Waals surface area contributed by atoms with E-state index >= 15 is 0 Å². The Balaban J connectivity index is 1.68. The fraction of sp³-hybridized carbons (Fsp3) is 0.263. The summed E-state index contributed by atoms with van der Waals surface area (Å²) in [6.07, 6.45) is 4.58. The number of nitrogens with one attached hydrogen (secondary N) is 1. The van der Waals surface area contributed by atoms with E-state index in [0.717, 1.165) is 16.5 Å². The van der Waals surface area contributed by atoms with Gasteiger partial charge < -0.3 is 20.1 Å². The van der Waals surface area contributed by atoms with Gasteiger partial charge in [0.05, 0.1) is 17.2 Å². The van der Waals surface area contributed by atoms with Crippen molar-refractivity contribution in [3.8, 4) is 0 Å². The standard InChI is InChI=1S/C19H21N3O3/c1-13(21-11-17(23)15-5-3-8-20-10-15)12-22-9-7-14-4-2-6-16(18(14)22)19(24)25/h2-10,13,17,21,23H,11-12H2,1H3,(H,24,25)/t13-,17+/m1/s1. The van der Waals surface area contributed by atoms with Crippen molar-refractivity contribution in [1.29, 1.82) is 0 Å². The molecule has 0 spiro atoms. The molecular weight excluding hydrogens is 318 g/mol. The summed E-state index contributed by atoms with van der Waals surface area (Å²) in [6.45, 7) is 3.01. The van der Waals surface area contributed by atoms with Gasteiger partial charge in [-0.3, -0.25) is 4.98 Å². The van der Waals surface area contributed by atoms with Crippen LogP contribution < -0.4 is 5.32 Å². The first-order valence-electron chi connectivity index (χ1n) is 8.19. The number of pyridine rings is 1. The average molecular weight is 339 g/mol. The number of carboxylic acid groups (broad SMARTS) is 1. The molecule has 2 aromatic heterocycles. The minimum Gasteiger partial charge on any atom is -0.478 e. The summed E-state index contributed by atoms with van der Waals surface area (Å²) in [4.78, 5) is 15.5. The van der Waals surface area contributed by atoms with Crippen LogP contribution in [0.1, 0.15) is 28.9 Å². The average Bonchev–Trinajstić information content (AvgIpc) is 3.03. The number of aromatic nitrogens is 2. The molecule has 6 nitrogen and oxygen atoms in total. The van der Waals surface area contributed by atoms with Crippen LogP contribution in [0.3, 0.4) is 0 Å². The Labute approximate surface area is 145 Å². The lowest BCUT2D eigenvalue weighted by Crippen LogP contribution is -2.33. The Morgan fingerprint density at radius 1 is 1.28 bits per heavy atom. The summed E-state index contributed by atoms with van der Waals surface area (Å²) in [7, 11) is 0. The molecule has 0 saturated heterocycles. The molecule has 3 N–H and O–H groups in total. The fourth-order valence-electron chi connectivity index (χ4n) is 2.95. The number of carbonyl (C=O) groups is 1. The summed E-state index contributed by atoms with van der Waals surface area (Å²) < 4.78 is 1.94. The molecule has 0 bridgehead atoms. The molecule has 2 heterocycles. The number of rotatable bonds is 7. The molecule has 1 aromatic carbocycles. The SMILES string of the molecule is C[C@H](Cn1ccc2cccc(C(=O)O)c21)NC[C@H](O)c1cccnc1. The number of carboxylic acids is 1. The molecule has 0 aliphatic rings. The Morgan fingerprint density at radius 3 is 2.84 bits per heavy atom. The van der Waals surface area contributed by atoms with Gasteiger partial charge in [-0.15, -0.1) is 0 Å². The Bertz CT molecular complexity index is 861. The predicted molar refractivity (Wildman–Crippen MR) is 95.6 cm³/mol. The molecule has 0 radical (unpaired) electrons. The van der Waals surface area contributed by atoms with Crippen molar-refractivity contribution in [3.05, 3.63) is 66.1 Å². The first kappa shape index (κ1) is 17.1. The molecule has 2 atom stereocenters. The summed E-state index contributed by atoms with van der Waals surface area (Å²) in [5.74, 6) is -0.932. The topological polar surface area (TPSA) is 87.4 Å². The number of para-hydroxylation sites is 1. The Hall–Kier alpha value is -2.70. The quantitative estimate of drug-likeness (QED) is 0.615. The first-order valence-corrected chi connectivity index (χ1v) is 8.19. The second-order valence-corrected chi connectivity index (χ2v) is 6.13. The Kier molecular flexibility index (Phi) is 5.11. The van der Waals surface area contributed by atoms with E-state index in [1.807, 2.05) is 35.9 Å². The van der Waals surface area contributed by atoms with Gasteiger partial charge in [0.2, 0.25) is 0 Å². The zero-order chi connectivity index (χ0) is 17.8. The van der Waals surface area contributed by atoms with Gasteiger partial charge in [0.15, 0.2) is 0 Å². The fourth-order valence-corrected chi connectivity index (χ4v) is 2.95. The molecule has 0 unspecified atom stereocenters. The van der Waals surface area contributed by atoms with Crippen LogP contribution in [0, 0.1) is 0 Å². The second-order valence-electron chi connectivity index (χ2n) is 6.13. The molecule has 0 aliphatic carbocycles. The van der Waals surface area contributed by atoms with Crippen molar-refractivity contribution in [2.45, 2.75) is 25.6 Å². The van der Waals surface area contributed by atoms with E-state index in [0.29, 0.717) is 18.7 Å². The van der Waals surface area contributed by atoms with Gasteiger partial charge in [-0.1, -0.05) is 18.2 Å². The van der Waals surface area contributed by atoms with Crippen LogP contribution in [0.4, 0.5) is 0 Å². The van der Waals surface area contributed by atoms with Crippen molar-refractivity contribution in [3.63, 3.8) is 0 Å². The molecule has 3 rings (SSSR count). The summed E-state index contributed by atoms with van der Waals surface area (Å²) in [6, 6.07) is 10.9. The van der Waals surface area contributed by atoms with E-state index in [9.17, 15) is 15.0 Å².